The predicted octanol–water partition coefficient (Wildman–Crippen LogP) is 1.60. The largest absolute Gasteiger partial charge is 0.306 e. The van der Waals surface area contributed by atoms with Crippen LogP contribution in [0.2, 0.25) is 0 Å². The fourth-order valence-corrected chi connectivity index (χ4v) is 2.21. The lowest BCUT2D eigenvalue weighted by molar-refractivity contribution is 0.370. The Kier molecular flexibility index (Phi) is 2.69. The smallest absolute Gasteiger partial charge is 0.0632 e. The molecule has 0 amide bonds. The van der Waals surface area contributed by atoms with Gasteiger partial charge in [-0.1, -0.05) is 0 Å². The molecule has 1 saturated heterocycles. The van der Waals surface area contributed by atoms with Gasteiger partial charge < -0.3 is 4.90 Å². The van der Waals surface area contributed by atoms with Crippen molar-refractivity contribution in [3.05, 3.63) is 16.9 Å². The van der Waals surface area contributed by atoms with E-state index in [1.807, 2.05) is 17.1 Å². The lowest BCUT2D eigenvalue weighted by atomic mass is 10.1. The van der Waals surface area contributed by atoms with Gasteiger partial charge in [-0.2, -0.15) is 5.10 Å². The van der Waals surface area contributed by atoms with Crippen LogP contribution >= 0.6 is 15.9 Å². The summed E-state index contributed by atoms with van der Waals surface area (Å²) < 4.78 is 3.09. The highest BCUT2D eigenvalue weighted by Gasteiger charge is 2.19. The molecule has 1 aliphatic heterocycles. The summed E-state index contributed by atoms with van der Waals surface area (Å²) in [5.74, 6) is 0.775. The molecule has 72 valence electrons. The third-order valence-corrected chi connectivity index (χ3v) is 2.95. The Hall–Kier alpha value is -0.350. The van der Waals surface area contributed by atoms with Crippen molar-refractivity contribution in [3.8, 4) is 0 Å². The van der Waals surface area contributed by atoms with Crippen LogP contribution in [0.5, 0.6) is 0 Å². The van der Waals surface area contributed by atoms with Crippen LogP contribution in [-0.4, -0.2) is 34.8 Å². The molecule has 1 atom stereocenters. The Labute approximate surface area is 86.8 Å². The minimum absolute atomic E-state index is 0.775. The summed E-state index contributed by atoms with van der Waals surface area (Å²) in [6, 6.07) is 0. The molecule has 0 spiro atoms. The molecule has 3 nitrogen and oxygen atoms in total. The van der Waals surface area contributed by atoms with E-state index < -0.39 is 0 Å². The van der Waals surface area contributed by atoms with Gasteiger partial charge in [0.15, 0.2) is 0 Å². The van der Waals surface area contributed by atoms with E-state index in [9.17, 15) is 0 Å². The molecule has 0 N–H and O–H groups in total. The quantitative estimate of drug-likeness (QED) is 0.787. The normalized spacial score (nSPS) is 24.0. The third kappa shape index (κ3) is 2.31. The number of aromatic nitrogens is 2. The number of hydrogen-bond donors (Lipinski definition) is 0. The van der Waals surface area contributed by atoms with Crippen molar-refractivity contribution in [2.75, 3.05) is 20.1 Å². The summed E-state index contributed by atoms with van der Waals surface area (Å²) in [7, 11) is 2.18. The van der Waals surface area contributed by atoms with E-state index in [0.717, 1.165) is 16.9 Å². The monoisotopic (exact) mass is 243 g/mol. The van der Waals surface area contributed by atoms with E-state index in [4.69, 9.17) is 0 Å². The molecule has 1 fully saturated rings. The number of hydrogen-bond acceptors (Lipinski definition) is 2. The molecule has 0 aliphatic carbocycles. The fourth-order valence-electron chi connectivity index (χ4n) is 1.88. The van der Waals surface area contributed by atoms with Crippen LogP contribution in [0, 0.1) is 5.92 Å². The fraction of sp³-hybridized carbons (Fsp3) is 0.667. The van der Waals surface area contributed by atoms with Crippen molar-refractivity contribution in [3.63, 3.8) is 0 Å². The van der Waals surface area contributed by atoms with Gasteiger partial charge in [-0.05, 0) is 41.9 Å². The molecule has 0 radical (unpaired) electrons. The third-order valence-electron chi connectivity index (χ3n) is 2.54. The molecule has 13 heavy (non-hydrogen) atoms. The maximum atomic E-state index is 4.26. The maximum absolute atomic E-state index is 4.26. The zero-order valence-electron chi connectivity index (χ0n) is 7.78. The summed E-state index contributed by atoms with van der Waals surface area (Å²) in [6.07, 6.45) is 5.19. The Morgan fingerprint density at radius 2 is 2.54 bits per heavy atom. The van der Waals surface area contributed by atoms with E-state index in [2.05, 4.69) is 33.0 Å². The summed E-state index contributed by atoms with van der Waals surface area (Å²) in [4.78, 5) is 2.38. The minimum atomic E-state index is 0.775. The van der Waals surface area contributed by atoms with Crippen LogP contribution < -0.4 is 0 Å². The zero-order valence-corrected chi connectivity index (χ0v) is 9.37. The van der Waals surface area contributed by atoms with Gasteiger partial charge in [0.05, 0.1) is 10.7 Å². The summed E-state index contributed by atoms with van der Waals surface area (Å²) in [5, 5.41) is 4.26. The van der Waals surface area contributed by atoms with Crippen LogP contribution in [0.15, 0.2) is 16.9 Å². The highest BCUT2D eigenvalue weighted by atomic mass is 79.9. The Bertz CT molecular complexity index is 284. The number of likely N-dealkylation sites (tertiary alicyclic amines) is 1. The van der Waals surface area contributed by atoms with Gasteiger partial charge in [0, 0.05) is 19.3 Å². The highest BCUT2D eigenvalue weighted by molar-refractivity contribution is 9.10. The second-order valence-corrected chi connectivity index (χ2v) is 4.71. The lowest BCUT2D eigenvalue weighted by Gasteiger charge is -2.09. The van der Waals surface area contributed by atoms with E-state index in [1.54, 1.807) is 0 Å². The Balaban J connectivity index is 1.91. The second-order valence-electron chi connectivity index (χ2n) is 3.80. The molecule has 0 aromatic carbocycles. The molecule has 1 aliphatic rings. The van der Waals surface area contributed by atoms with Crippen LogP contribution in [0.4, 0.5) is 0 Å². The molecule has 1 aromatic rings. The summed E-state index contributed by atoms with van der Waals surface area (Å²) >= 11 is 3.40. The van der Waals surface area contributed by atoms with Crippen molar-refractivity contribution < 1.29 is 0 Å². The van der Waals surface area contributed by atoms with Crippen molar-refractivity contribution >= 4 is 15.9 Å². The summed E-state index contributed by atoms with van der Waals surface area (Å²) in [5.41, 5.74) is 0. The molecular formula is C9H14BrN3. The van der Waals surface area contributed by atoms with Gasteiger partial charge in [0.2, 0.25) is 0 Å². The average molecular weight is 244 g/mol. The van der Waals surface area contributed by atoms with Gasteiger partial charge in [-0.15, -0.1) is 0 Å². The van der Waals surface area contributed by atoms with Crippen molar-refractivity contribution in [1.82, 2.24) is 14.7 Å². The van der Waals surface area contributed by atoms with E-state index in [-0.39, 0.29) is 0 Å². The first-order chi connectivity index (χ1) is 6.24. The van der Waals surface area contributed by atoms with Gasteiger partial charge in [0.1, 0.15) is 0 Å². The van der Waals surface area contributed by atoms with Crippen LogP contribution in [0.3, 0.4) is 0 Å². The van der Waals surface area contributed by atoms with E-state index in [1.165, 1.54) is 19.5 Å². The van der Waals surface area contributed by atoms with Crippen LogP contribution in [-0.2, 0) is 6.54 Å². The van der Waals surface area contributed by atoms with E-state index >= 15 is 0 Å². The molecule has 0 unspecified atom stereocenters. The molecule has 4 heteroatoms. The average Bonchev–Trinajstić information content (AvgIpc) is 2.62. The van der Waals surface area contributed by atoms with Gasteiger partial charge in [-0.25, -0.2) is 0 Å². The van der Waals surface area contributed by atoms with Crippen LogP contribution in [0.25, 0.3) is 0 Å². The second kappa shape index (κ2) is 3.80. The Morgan fingerprint density at radius 3 is 3.08 bits per heavy atom. The SMILES string of the molecule is CN1CC[C@@H](Cn2cc(Br)cn2)C1. The van der Waals surface area contributed by atoms with Crippen LogP contribution in [0.1, 0.15) is 6.42 Å². The molecule has 2 heterocycles. The van der Waals surface area contributed by atoms with Gasteiger partial charge in [0.25, 0.3) is 0 Å². The number of rotatable bonds is 2. The minimum Gasteiger partial charge on any atom is -0.306 e. The molecule has 2 rings (SSSR count). The van der Waals surface area contributed by atoms with Crippen molar-refractivity contribution in [2.24, 2.45) is 5.92 Å². The first kappa shape index (κ1) is 9.21. The standard InChI is InChI=1S/C9H14BrN3/c1-12-3-2-8(5-12)6-13-7-9(10)4-11-13/h4,7-8H,2-3,5-6H2,1H3/t8-/m1/s1. The molecule has 0 saturated carbocycles. The van der Waals surface area contributed by atoms with E-state index in [0.29, 0.717) is 0 Å². The summed E-state index contributed by atoms with van der Waals surface area (Å²) in [6.45, 7) is 3.49. The van der Waals surface area contributed by atoms with Gasteiger partial charge >= 0.3 is 0 Å². The topological polar surface area (TPSA) is 21.1 Å². The maximum Gasteiger partial charge on any atom is 0.0632 e. The first-order valence-corrected chi connectivity index (χ1v) is 5.40. The highest BCUT2D eigenvalue weighted by Crippen LogP contribution is 2.17. The zero-order chi connectivity index (χ0) is 9.26. The lowest BCUT2D eigenvalue weighted by Crippen LogP contribution is -2.17. The number of nitrogens with zero attached hydrogens (tertiary/aromatic N) is 3. The molecule has 0 bridgehead atoms. The Morgan fingerprint density at radius 1 is 1.69 bits per heavy atom. The van der Waals surface area contributed by atoms with Crippen molar-refractivity contribution in [2.45, 2.75) is 13.0 Å². The van der Waals surface area contributed by atoms with Crippen molar-refractivity contribution in [1.29, 1.82) is 0 Å². The first-order valence-electron chi connectivity index (χ1n) is 4.60. The molecule has 1 aromatic heterocycles. The molecular weight excluding hydrogens is 230 g/mol. The predicted molar refractivity (Wildman–Crippen MR) is 55.5 cm³/mol. The van der Waals surface area contributed by atoms with Gasteiger partial charge in [-0.3, -0.25) is 4.68 Å². The number of halogens is 1.